The van der Waals surface area contributed by atoms with Crippen molar-refractivity contribution in [3.05, 3.63) is 0 Å². The molecule has 2 saturated heterocycles. The lowest BCUT2D eigenvalue weighted by molar-refractivity contribution is 0.0574. The summed E-state index contributed by atoms with van der Waals surface area (Å²) >= 11 is 0. The van der Waals surface area contributed by atoms with E-state index in [9.17, 15) is 0 Å². The molecule has 0 bridgehead atoms. The van der Waals surface area contributed by atoms with Crippen LogP contribution in [0.3, 0.4) is 0 Å². The van der Waals surface area contributed by atoms with E-state index in [1.807, 2.05) is 0 Å². The maximum atomic E-state index is 6.21. The second kappa shape index (κ2) is 5.71. The van der Waals surface area contributed by atoms with Crippen molar-refractivity contribution in [2.45, 2.75) is 63.5 Å². The third-order valence-corrected chi connectivity index (χ3v) is 5.79. The Kier molecular flexibility index (Phi) is 4.16. The molecule has 110 valence electrons. The molecule has 0 spiro atoms. The maximum absolute atomic E-state index is 6.21. The van der Waals surface area contributed by atoms with Crippen LogP contribution in [0.5, 0.6) is 0 Å². The second-order valence-corrected chi connectivity index (χ2v) is 7.10. The van der Waals surface area contributed by atoms with E-state index in [0.29, 0.717) is 5.54 Å². The van der Waals surface area contributed by atoms with Gasteiger partial charge in [0.15, 0.2) is 0 Å². The summed E-state index contributed by atoms with van der Waals surface area (Å²) in [6.45, 7) is 8.29. The van der Waals surface area contributed by atoms with Gasteiger partial charge in [-0.2, -0.15) is 0 Å². The molecule has 2 N–H and O–H groups in total. The standard InChI is InChI=1S/C16H31N3/c1-2-3-14-6-9-19(10-7-14)16(12-17)8-11-18(13-16)15-4-5-15/h14-15H,2-13,17H2,1H3. The molecule has 1 saturated carbocycles. The van der Waals surface area contributed by atoms with Crippen molar-refractivity contribution in [3.8, 4) is 0 Å². The van der Waals surface area contributed by atoms with Crippen LogP contribution in [0.25, 0.3) is 0 Å². The summed E-state index contributed by atoms with van der Waals surface area (Å²) in [7, 11) is 0. The molecule has 19 heavy (non-hydrogen) atoms. The van der Waals surface area contributed by atoms with Gasteiger partial charge in [-0.25, -0.2) is 0 Å². The van der Waals surface area contributed by atoms with Gasteiger partial charge in [-0.3, -0.25) is 9.80 Å². The monoisotopic (exact) mass is 265 g/mol. The van der Waals surface area contributed by atoms with Gasteiger partial charge in [0.05, 0.1) is 0 Å². The Bertz CT molecular complexity index is 294. The normalized spacial score (nSPS) is 35.1. The Morgan fingerprint density at radius 1 is 1.11 bits per heavy atom. The van der Waals surface area contributed by atoms with Gasteiger partial charge in [-0.05, 0) is 51.1 Å². The molecular formula is C16H31N3. The number of likely N-dealkylation sites (tertiary alicyclic amines) is 2. The summed E-state index contributed by atoms with van der Waals surface area (Å²) in [4.78, 5) is 5.46. The zero-order chi connectivity index (χ0) is 13.3. The zero-order valence-corrected chi connectivity index (χ0v) is 12.6. The lowest BCUT2D eigenvalue weighted by Crippen LogP contribution is -2.58. The summed E-state index contributed by atoms with van der Waals surface area (Å²) < 4.78 is 0. The number of nitrogens with zero attached hydrogens (tertiary/aromatic N) is 2. The van der Waals surface area contributed by atoms with Crippen LogP contribution in [-0.2, 0) is 0 Å². The van der Waals surface area contributed by atoms with Crippen LogP contribution in [0.1, 0.15) is 51.9 Å². The third-order valence-electron chi connectivity index (χ3n) is 5.79. The van der Waals surface area contributed by atoms with Crippen LogP contribution in [0.15, 0.2) is 0 Å². The minimum Gasteiger partial charge on any atom is -0.329 e. The van der Waals surface area contributed by atoms with Crippen LogP contribution in [-0.4, -0.2) is 54.1 Å². The van der Waals surface area contributed by atoms with Crippen LogP contribution < -0.4 is 5.73 Å². The molecule has 3 rings (SSSR count). The number of rotatable bonds is 5. The van der Waals surface area contributed by atoms with E-state index in [2.05, 4.69) is 16.7 Å². The summed E-state index contributed by atoms with van der Waals surface area (Å²) in [5.41, 5.74) is 6.53. The quantitative estimate of drug-likeness (QED) is 0.826. The van der Waals surface area contributed by atoms with Crippen LogP contribution in [0, 0.1) is 5.92 Å². The van der Waals surface area contributed by atoms with Gasteiger partial charge in [-0.15, -0.1) is 0 Å². The van der Waals surface area contributed by atoms with Gasteiger partial charge in [-0.1, -0.05) is 19.8 Å². The molecule has 2 heterocycles. The first-order valence-electron chi connectivity index (χ1n) is 8.46. The predicted molar refractivity (Wildman–Crippen MR) is 80.2 cm³/mol. The largest absolute Gasteiger partial charge is 0.329 e. The molecule has 0 aromatic rings. The number of hydrogen-bond donors (Lipinski definition) is 1. The van der Waals surface area contributed by atoms with Gasteiger partial charge in [0.25, 0.3) is 0 Å². The Morgan fingerprint density at radius 3 is 2.42 bits per heavy atom. The average molecular weight is 265 g/mol. The van der Waals surface area contributed by atoms with Gasteiger partial charge in [0.2, 0.25) is 0 Å². The molecule has 0 aromatic carbocycles. The van der Waals surface area contributed by atoms with E-state index in [-0.39, 0.29) is 0 Å². The highest BCUT2D eigenvalue weighted by molar-refractivity contribution is 5.04. The van der Waals surface area contributed by atoms with Crippen molar-refractivity contribution in [2.24, 2.45) is 11.7 Å². The van der Waals surface area contributed by atoms with Gasteiger partial charge >= 0.3 is 0 Å². The van der Waals surface area contributed by atoms with Crippen LogP contribution in [0.4, 0.5) is 0 Å². The molecule has 3 heteroatoms. The van der Waals surface area contributed by atoms with Crippen molar-refractivity contribution < 1.29 is 0 Å². The molecule has 0 radical (unpaired) electrons. The van der Waals surface area contributed by atoms with E-state index in [1.165, 1.54) is 71.1 Å². The lowest BCUT2D eigenvalue weighted by Gasteiger charge is -2.44. The smallest absolute Gasteiger partial charge is 0.0470 e. The van der Waals surface area contributed by atoms with Crippen molar-refractivity contribution in [1.29, 1.82) is 0 Å². The number of piperidine rings is 1. The first-order valence-corrected chi connectivity index (χ1v) is 8.46. The highest BCUT2D eigenvalue weighted by atomic mass is 15.3. The fourth-order valence-corrected chi connectivity index (χ4v) is 4.30. The van der Waals surface area contributed by atoms with Crippen molar-refractivity contribution >= 4 is 0 Å². The van der Waals surface area contributed by atoms with Crippen molar-refractivity contribution in [3.63, 3.8) is 0 Å². The first kappa shape index (κ1) is 13.8. The molecular weight excluding hydrogens is 234 g/mol. The number of hydrogen-bond acceptors (Lipinski definition) is 3. The number of nitrogens with two attached hydrogens (primary N) is 1. The van der Waals surface area contributed by atoms with E-state index < -0.39 is 0 Å². The summed E-state index contributed by atoms with van der Waals surface area (Å²) in [5.74, 6) is 0.983. The fourth-order valence-electron chi connectivity index (χ4n) is 4.30. The van der Waals surface area contributed by atoms with E-state index in [4.69, 9.17) is 5.73 Å². The zero-order valence-electron chi connectivity index (χ0n) is 12.6. The van der Waals surface area contributed by atoms with Crippen LogP contribution in [0.2, 0.25) is 0 Å². The fraction of sp³-hybridized carbons (Fsp3) is 1.00. The Hall–Kier alpha value is -0.120. The van der Waals surface area contributed by atoms with Crippen molar-refractivity contribution in [2.75, 3.05) is 32.7 Å². The molecule has 0 amide bonds. The van der Waals surface area contributed by atoms with Gasteiger partial charge in [0, 0.05) is 31.2 Å². The maximum Gasteiger partial charge on any atom is 0.0470 e. The lowest BCUT2D eigenvalue weighted by atomic mass is 9.87. The molecule has 1 aliphatic carbocycles. The topological polar surface area (TPSA) is 32.5 Å². The molecule has 3 aliphatic rings. The highest BCUT2D eigenvalue weighted by Gasteiger charge is 2.46. The van der Waals surface area contributed by atoms with Gasteiger partial charge in [0.1, 0.15) is 0 Å². The highest BCUT2D eigenvalue weighted by Crippen LogP contribution is 2.37. The van der Waals surface area contributed by atoms with Crippen molar-refractivity contribution in [1.82, 2.24) is 9.80 Å². The SMILES string of the molecule is CCCC1CCN(C2(CN)CCN(C3CC3)C2)CC1. The summed E-state index contributed by atoms with van der Waals surface area (Å²) in [5, 5.41) is 0. The summed E-state index contributed by atoms with van der Waals surface area (Å²) in [6.07, 6.45) is 9.74. The molecule has 3 fully saturated rings. The molecule has 2 aliphatic heterocycles. The molecule has 1 atom stereocenters. The van der Waals surface area contributed by atoms with E-state index in [1.54, 1.807) is 0 Å². The third kappa shape index (κ3) is 2.84. The Balaban J connectivity index is 1.57. The molecule has 0 aromatic heterocycles. The summed E-state index contributed by atoms with van der Waals surface area (Å²) in [6, 6.07) is 0.908. The average Bonchev–Trinajstić information content (AvgIpc) is 3.20. The Morgan fingerprint density at radius 2 is 1.84 bits per heavy atom. The second-order valence-electron chi connectivity index (χ2n) is 7.10. The molecule has 3 nitrogen and oxygen atoms in total. The first-order chi connectivity index (χ1) is 9.27. The van der Waals surface area contributed by atoms with Crippen LogP contribution >= 0.6 is 0 Å². The van der Waals surface area contributed by atoms with E-state index >= 15 is 0 Å². The Labute approximate surface area is 118 Å². The minimum absolute atomic E-state index is 0.319. The molecule has 1 unspecified atom stereocenters. The van der Waals surface area contributed by atoms with Gasteiger partial charge < -0.3 is 5.73 Å². The predicted octanol–water partition coefficient (Wildman–Crippen LogP) is 2.06. The minimum atomic E-state index is 0.319. The van der Waals surface area contributed by atoms with E-state index in [0.717, 1.165) is 18.5 Å².